The molecule has 3 rings (SSSR count). The molecule has 118 valence electrons. The first-order chi connectivity index (χ1) is 10.7. The maximum Gasteiger partial charge on any atom is 0.124 e. The van der Waals surface area contributed by atoms with Gasteiger partial charge in [-0.15, -0.1) is 11.3 Å². The van der Waals surface area contributed by atoms with Gasteiger partial charge in [-0.2, -0.15) is 0 Å². The molecule has 0 atom stereocenters. The van der Waals surface area contributed by atoms with E-state index in [1.165, 1.54) is 16.0 Å². The summed E-state index contributed by atoms with van der Waals surface area (Å²) in [5.41, 5.74) is 3.47. The van der Waals surface area contributed by atoms with Crippen LogP contribution in [0.15, 0.2) is 48.5 Å². The first-order valence-corrected chi connectivity index (χ1v) is 8.69. The second-order valence-corrected chi connectivity index (χ2v) is 5.46. The lowest BCUT2D eigenvalue weighted by molar-refractivity contribution is 1.13. The van der Waals surface area contributed by atoms with Crippen molar-refractivity contribution < 1.29 is 0 Å². The SMILES string of the molecule is CC.CC.CN(C)c1ccc(-c2nc3ccccc3s2)cc1. The Labute approximate surface area is 138 Å². The van der Waals surface area contributed by atoms with Crippen molar-refractivity contribution in [3.63, 3.8) is 0 Å². The molecule has 2 nitrogen and oxygen atoms in total. The number of nitrogens with zero attached hydrogens (tertiary/aromatic N) is 2. The Balaban J connectivity index is 0.000000561. The quantitative estimate of drug-likeness (QED) is 0.569. The predicted molar refractivity (Wildman–Crippen MR) is 102 cm³/mol. The van der Waals surface area contributed by atoms with Gasteiger partial charge in [0.05, 0.1) is 10.2 Å². The number of rotatable bonds is 2. The van der Waals surface area contributed by atoms with Crippen molar-refractivity contribution in [2.45, 2.75) is 27.7 Å². The Bertz CT molecular complexity index is 636. The highest BCUT2D eigenvalue weighted by Gasteiger charge is 2.05. The lowest BCUT2D eigenvalue weighted by Crippen LogP contribution is -2.07. The van der Waals surface area contributed by atoms with E-state index in [-0.39, 0.29) is 0 Å². The lowest BCUT2D eigenvalue weighted by Gasteiger charge is -2.11. The molecule has 0 saturated heterocycles. The van der Waals surface area contributed by atoms with Crippen LogP contribution in [0.25, 0.3) is 20.8 Å². The van der Waals surface area contributed by atoms with E-state index in [9.17, 15) is 0 Å². The molecule has 22 heavy (non-hydrogen) atoms. The highest BCUT2D eigenvalue weighted by molar-refractivity contribution is 7.21. The Kier molecular flexibility index (Phi) is 7.61. The van der Waals surface area contributed by atoms with Crippen LogP contribution in [0.5, 0.6) is 0 Å². The fourth-order valence-electron chi connectivity index (χ4n) is 1.90. The van der Waals surface area contributed by atoms with Crippen LogP contribution in [0, 0.1) is 0 Å². The van der Waals surface area contributed by atoms with Gasteiger partial charge in [0.1, 0.15) is 5.01 Å². The highest BCUT2D eigenvalue weighted by atomic mass is 32.1. The third-order valence-electron chi connectivity index (χ3n) is 2.92. The topological polar surface area (TPSA) is 16.1 Å². The molecule has 0 saturated carbocycles. The second-order valence-electron chi connectivity index (χ2n) is 4.43. The van der Waals surface area contributed by atoms with Crippen LogP contribution in [0.3, 0.4) is 0 Å². The Morgan fingerprint density at radius 2 is 1.41 bits per heavy atom. The molecule has 0 unspecified atom stereocenters. The molecule has 0 aliphatic heterocycles. The standard InChI is InChI=1S/C15H14N2S.2C2H6/c1-17(2)12-9-7-11(8-10-12)15-16-13-5-3-4-6-14(13)18-15;2*1-2/h3-10H,1-2H3;2*1-2H3. The van der Waals surface area contributed by atoms with E-state index < -0.39 is 0 Å². The van der Waals surface area contributed by atoms with Gasteiger partial charge < -0.3 is 4.90 Å². The summed E-state index contributed by atoms with van der Waals surface area (Å²) in [5.74, 6) is 0. The first kappa shape index (κ1) is 18.2. The number of hydrogen-bond acceptors (Lipinski definition) is 3. The van der Waals surface area contributed by atoms with E-state index in [0.717, 1.165) is 10.5 Å². The monoisotopic (exact) mass is 314 g/mol. The summed E-state index contributed by atoms with van der Waals surface area (Å²) in [6, 6.07) is 16.8. The molecule has 0 amide bonds. The zero-order chi connectivity index (χ0) is 16.5. The van der Waals surface area contributed by atoms with Crippen molar-refractivity contribution in [3.8, 4) is 10.6 Å². The molecule has 1 aromatic heterocycles. The largest absolute Gasteiger partial charge is 0.378 e. The molecular weight excluding hydrogens is 288 g/mol. The van der Waals surface area contributed by atoms with Gasteiger partial charge in [-0.1, -0.05) is 39.8 Å². The molecule has 3 aromatic rings. The lowest BCUT2D eigenvalue weighted by atomic mass is 10.2. The summed E-state index contributed by atoms with van der Waals surface area (Å²) in [4.78, 5) is 6.76. The normalized spacial score (nSPS) is 9.36. The number of aromatic nitrogens is 1. The molecule has 0 bridgehead atoms. The maximum atomic E-state index is 4.66. The fourth-order valence-corrected chi connectivity index (χ4v) is 2.87. The van der Waals surface area contributed by atoms with Gasteiger partial charge in [0.25, 0.3) is 0 Å². The predicted octanol–water partition coefficient (Wildman–Crippen LogP) is 6.08. The molecule has 3 heteroatoms. The van der Waals surface area contributed by atoms with Crippen LogP contribution in [0.1, 0.15) is 27.7 Å². The zero-order valence-electron chi connectivity index (χ0n) is 14.4. The summed E-state index contributed by atoms with van der Waals surface area (Å²) in [5, 5.41) is 1.08. The van der Waals surface area contributed by atoms with E-state index in [4.69, 9.17) is 0 Å². The Morgan fingerprint density at radius 1 is 0.818 bits per heavy atom. The van der Waals surface area contributed by atoms with Gasteiger partial charge in [0.2, 0.25) is 0 Å². The van der Waals surface area contributed by atoms with E-state index in [1.807, 2.05) is 47.9 Å². The molecule has 0 aliphatic carbocycles. The van der Waals surface area contributed by atoms with E-state index >= 15 is 0 Å². The van der Waals surface area contributed by atoms with Crippen molar-refractivity contribution in [1.29, 1.82) is 0 Å². The summed E-state index contributed by atoms with van der Waals surface area (Å²) in [7, 11) is 4.10. The summed E-state index contributed by atoms with van der Waals surface area (Å²) in [6.07, 6.45) is 0. The molecule has 0 fully saturated rings. The average molecular weight is 314 g/mol. The molecule has 1 heterocycles. The number of fused-ring (bicyclic) bond motifs is 1. The minimum atomic E-state index is 1.08. The Morgan fingerprint density at radius 3 is 1.95 bits per heavy atom. The molecule has 0 radical (unpaired) electrons. The fraction of sp³-hybridized carbons (Fsp3) is 0.316. The van der Waals surface area contributed by atoms with Gasteiger partial charge in [-0.05, 0) is 36.4 Å². The van der Waals surface area contributed by atoms with Crippen LogP contribution < -0.4 is 4.90 Å². The number of benzene rings is 2. The van der Waals surface area contributed by atoms with Gasteiger partial charge in [-0.25, -0.2) is 4.98 Å². The first-order valence-electron chi connectivity index (χ1n) is 7.87. The molecule has 0 spiro atoms. The van der Waals surface area contributed by atoms with Gasteiger partial charge >= 0.3 is 0 Å². The zero-order valence-corrected chi connectivity index (χ0v) is 15.2. The van der Waals surface area contributed by atoms with Crippen molar-refractivity contribution in [2.24, 2.45) is 0 Å². The minimum Gasteiger partial charge on any atom is -0.378 e. The van der Waals surface area contributed by atoms with Gasteiger partial charge in [0, 0.05) is 25.3 Å². The van der Waals surface area contributed by atoms with Crippen LogP contribution in [-0.4, -0.2) is 19.1 Å². The number of para-hydroxylation sites is 1. The van der Waals surface area contributed by atoms with Gasteiger partial charge in [0.15, 0.2) is 0 Å². The van der Waals surface area contributed by atoms with Crippen LogP contribution in [0.4, 0.5) is 5.69 Å². The average Bonchev–Trinajstić information content (AvgIpc) is 3.03. The summed E-state index contributed by atoms with van der Waals surface area (Å²) < 4.78 is 1.24. The highest BCUT2D eigenvalue weighted by Crippen LogP contribution is 2.30. The van der Waals surface area contributed by atoms with E-state index in [1.54, 1.807) is 11.3 Å². The summed E-state index contributed by atoms with van der Waals surface area (Å²) in [6.45, 7) is 8.00. The van der Waals surface area contributed by atoms with Crippen molar-refractivity contribution >= 4 is 27.2 Å². The van der Waals surface area contributed by atoms with Crippen LogP contribution >= 0.6 is 11.3 Å². The number of hydrogen-bond donors (Lipinski definition) is 0. The van der Waals surface area contributed by atoms with Crippen molar-refractivity contribution in [2.75, 3.05) is 19.0 Å². The summed E-state index contributed by atoms with van der Waals surface area (Å²) >= 11 is 1.74. The smallest absolute Gasteiger partial charge is 0.124 e. The molecule has 2 aromatic carbocycles. The number of anilines is 1. The third kappa shape index (κ3) is 4.31. The maximum absolute atomic E-state index is 4.66. The Hall–Kier alpha value is -1.87. The van der Waals surface area contributed by atoms with E-state index in [2.05, 4.69) is 52.3 Å². The third-order valence-corrected chi connectivity index (χ3v) is 4.01. The molecular formula is C19H26N2S. The molecule has 0 N–H and O–H groups in total. The minimum absolute atomic E-state index is 1.08. The van der Waals surface area contributed by atoms with Gasteiger partial charge in [-0.3, -0.25) is 0 Å². The number of thiazole rings is 1. The van der Waals surface area contributed by atoms with Crippen LogP contribution in [-0.2, 0) is 0 Å². The van der Waals surface area contributed by atoms with Crippen LogP contribution in [0.2, 0.25) is 0 Å². The van der Waals surface area contributed by atoms with E-state index in [0.29, 0.717) is 0 Å². The second kappa shape index (κ2) is 9.21. The van der Waals surface area contributed by atoms with Crippen molar-refractivity contribution in [1.82, 2.24) is 4.98 Å². The molecule has 0 aliphatic rings. The van der Waals surface area contributed by atoms with Crippen molar-refractivity contribution in [3.05, 3.63) is 48.5 Å².